The number of anilines is 1. The Labute approximate surface area is 189 Å². The Kier molecular flexibility index (Phi) is 5.43. The van der Waals surface area contributed by atoms with E-state index < -0.39 is 0 Å². The molecular formula is C24H21N7S. The molecule has 0 amide bonds. The Morgan fingerprint density at radius 2 is 1.97 bits per heavy atom. The van der Waals surface area contributed by atoms with Crippen LogP contribution in [0.5, 0.6) is 0 Å². The Morgan fingerprint density at radius 3 is 2.78 bits per heavy atom. The summed E-state index contributed by atoms with van der Waals surface area (Å²) in [5, 5.41) is 10.3. The van der Waals surface area contributed by atoms with Crippen molar-refractivity contribution in [2.75, 3.05) is 5.43 Å². The number of nitrogens with zero attached hydrogens (tertiary/aromatic N) is 6. The first-order valence-corrected chi connectivity index (χ1v) is 11.0. The van der Waals surface area contributed by atoms with Crippen LogP contribution >= 0.6 is 11.3 Å². The molecule has 8 heteroatoms. The number of hydrogen-bond acceptors (Lipinski definition) is 7. The lowest BCUT2D eigenvalue weighted by Gasteiger charge is -2.02. The van der Waals surface area contributed by atoms with Crippen molar-refractivity contribution in [1.29, 1.82) is 0 Å². The minimum absolute atomic E-state index is 0.676. The second-order valence-electron chi connectivity index (χ2n) is 7.41. The summed E-state index contributed by atoms with van der Waals surface area (Å²) in [7, 11) is 0. The maximum atomic E-state index is 4.80. The van der Waals surface area contributed by atoms with Crippen LogP contribution in [0.2, 0.25) is 0 Å². The molecule has 7 nitrogen and oxygen atoms in total. The van der Waals surface area contributed by atoms with Gasteiger partial charge in [0.2, 0.25) is 0 Å². The largest absolute Gasteiger partial charge is 0.267 e. The number of rotatable bonds is 6. The summed E-state index contributed by atoms with van der Waals surface area (Å²) in [6, 6.07) is 14.2. The molecule has 32 heavy (non-hydrogen) atoms. The van der Waals surface area contributed by atoms with Crippen LogP contribution in [0.25, 0.3) is 21.5 Å². The van der Waals surface area contributed by atoms with Crippen LogP contribution in [0.15, 0.2) is 72.5 Å². The van der Waals surface area contributed by atoms with Gasteiger partial charge >= 0.3 is 0 Å². The monoisotopic (exact) mass is 439 g/mol. The van der Waals surface area contributed by atoms with Gasteiger partial charge in [0, 0.05) is 34.6 Å². The minimum atomic E-state index is 0.676. The van der Waals surface area contributed by atoms with E-state index in [1.165, 1.54) is 16.0 Å². The maximum Gasteiger partial charge on any atom is 0.158 e. The Morgan fingerprint density at radius 1 is 1.09 bits per heavy atom. The van der Waals surface area contributed by atoms with Crippen LogP contribution in [-0.4, -0.2) is 30.9 Å². The van der Waals surface area contributed by atoms with E-state index in [-0.39, 0.29) is 0 Å². The molecule has 4 heterocycles. The highest BCUT2D eigenvalue weighted by atomic mass is 32.1. The molecule has 0 saturated carbocycles. The summed E-state index contributed by atoms with van der Waals surface area (Å²) in [6.45, 7) is 4.85. The van der Waals surface area contributed by atoms with Crippen molar-refractivity contribution in [3.63, 3.8) is 0 Å². The summed E-state index contributed by atoms with van der Waals surface area (Å²) < 4.78 is 1.92. The van der Waals surface area contributed by atoms with Crippen molar-refractivity contribution in [2.24, 2.45) is 5.10 Å². The molecule has 0 atom stereocenters. The molecular weight excluding hydrogens is 418 g/mol. The number of thiophene rings is 1. The van der Waals surface area contributed by atoms with Gasteiger partial charge in [-0.2, -0.15) is 10.2 Å². The van der Waals surface area contributed by atoms with Gasteiger partial charge in [0.05, 0.1) is 18.1 Å². The molecule has 0 aliphatic heterocycles. The zero-order valence-corrected chi connectivity index (χ0v) is 18.5. The lowest BCUT2D eigenvalue weighted by Crippen LogP contribution is -2.00. The van der Waals surface area contributed by atoms with Gasteiger partial charge < -0.3 is 0 Å². The lowest BCUT2D eigenvalue weighted by atomic mass is 10.1. The standard InChI is InChI=1S/C24H21N7S/c1-16-17(2)32-24-21(16)23(26-15-27-24)29-28-12-20-14-31(13-18-7-4-3-5-8-18)30-22(20)19-9-6-10-25-11-19/h3-12,14-15H,13H2,1-2H3,(H,26,27,29)/b28-12+. The number of nitrogens with one attached hydrogen (secondary N) is 1. The lowest BCUT2D eigenvalue weighted by molar-refractivity contribution is 0.689. The predicted molar refractivity (Wildman–Crippen MR) is 129 cm³/mol. The third kappa shape index (κ3) is 4.00. The Balaban J connectivity index is 1.46. The van der Waals surface area contributed by atoms with Gasteiger partial charge in [-0.1, -0.05) is 30.3 Å². The van der Waals surface area contributed by atoms with Crippen LogP contribution in [0.4, 0.5) is 5.82 Å². The topological polar surface area (TPSA) is 80.9 Å². The van der Waals surface area contributed by atoms with Crippen LogP contribution in [0.1, 0.15) is 21.6 Å². The van der Waals surface area contributed by atoms with Gasteiger partial charge in [-0.3, -0.25) is 15.1 Å². The highest BCUT2D eigenvalue weighted by Crippen LogP contribution is 2.32. The van der Waals surface area contributed by atoms with Gasteiger partial charge in [0.1, 0.15) is 16.9 Å². The summed E-state index contributed by atoms with van der Waals surface area (Å²) >= 11 is 1.66. The van der Waals surface area contributed by atoms with Crippen molar-refractivity contribution in [2.45, 2.75) is 20.4 Å². The Bertz CT molecular complexity index is 1390. The van der Waals surface area contributed by atoms with Gasteiger partial charge in [-0.15, -0.1) is 11.3 Å². The van der Waals surface area contributed by atoms with Crippen LogP contribution in [0.3, 0.4) is 0 Å². The second kappa shape index (κ2) is 8.68. The molecule has 4 aromatic heterocycles. The predicted octanol–water partition coefficient (Wildman–Crippen LogP) is 5.06. The molecule has 5 rings (SSSR count). The molecule has 0 spiro atoms. The van der Waals surface area contributed by atoms with E-state index in [9.17, 15) is 0 Å². The SMILES string of the molecule is Cc1sc2ncnc(N/N=C/c3cn(Cc4ccccc4)nc3-c3cccnc3)c2c1C. The third-order valence-corrected chi connectivity index (χ3v) is 6.37. The highest BCUT2D eigenvalue weighted by molar-refractivity contribution is 7.18. The zero-order chi connectivity index (χ0) is 21.9. The van der Waals surface area contributed by atoms with E-state index in [0.29, 0.717) is 12.4 Å². The molecule has 1 N–H and O–H groups in total. The molecule has 0 aliphatic rings. The van der Waals surface area contributed by atoms with E-state index in [0.717, 1.165) is 27.0 Å². The molecule has 0 bridgehead atoms. The van der Waals surface area contributed by atoms with Crippen molar-refractivity contribution in [3.8, 4) is 11.3 Å². The summed E-state index contributed by atoms with van der Waals surface area (Å²) in [5.74, 6) is 0.702. The quantitative estimate of drug-likeness (QED) is 0.295. The van der Waals surface area contributed by atoms with Crippen molar-refractivity contribution < 1.29 is 0 Å². The number of benzene rings is 1. The van der Waals surface area contributed by atoms with Crippen molar-refractivity contribution in [3.05, 3.63) is 88.9 Å². The number of hydrogen-bond donors (Lipinski definition) is 1. The average molecular weight is 440 g/mol. The number of fused-ring (bicyclic) bond motifs is 1. The van der Waals surface area contributed by atoms with E-state index in [1.807, 2.05) is 47.4 Å². The number of pyridine rings is 1. The summed E-state index contributed by atoms with van der Waals surface area (Å²) in [6.07, 6.45) is 8.90. The Hall–Kier alpha value is -3.91. The summed E-state index contributed by atoms with van der Waals surface area (Å²) in [5.41, 5.74) is 8.12. The fraction of sp³-hybridized carbons (Fsp3) is 0.125. The van der Waals surface area contributed by atoms with Crippen LogP contribution in [-0.2, 0) is 6.54 Å². The maximum absolute atomic E-state index is 4.80. The molecule has 0 saturated heterocycles. The number of hydrazone groups is 1. The molecule has 0 fully saturated rings. The molecule has 1 aromatic carbocycles. The molecule has 0 unspecified atom stereocenters. The number of aryl methyl sites for hydroxylation is 2. The first kappa shape index (κ1) is 20.0. The van der Waals surface area contributed by atoms with Gasteiger partial charge in [0.25, 0.3) is 0 Å². The van der Waals surface area contributed by atoms with Crippen LogP contribution in [0, 0.1) is 13.8 Å². The molecule has 0 aliphatic carbocycles. The van der Waals surface area contributed by atoms with Crippen molar-refractivity contribution in [1.82, 2.24) is 24.7 Å². The van der Waals surface area contributed by atoms with E-state index in [2.05, 4.69) is 51.5 Å². The van der Waals surface area contributed by atoms with E-state index >= 15 is 0 Å². The number of aromatic nitrogens is 5. The third-order valence-electron chi connectivity index (χ3n) is 5.25. The van der Waals surface area contributed by atoms with Crippen LogP contribution < -0.4 is 5.43 Å². The van der Waals surface area contributed by atoms with Crippen molar-refractivity contribution >= 4 is 33.6 Å². The van der Waals surface area contributed by atoms with Gasteiger partial charge in [-0.25, -0.2) is 9.97 Å². The van der Waals surface area contributed by atoms with Gasteiger partial charge in [0.15, 0.2) is 5.82 Å². The summed E-state index contributed by atoms with van der Waals surface area (Å²) in [4.78, 5) is 15.2. The fourth-order valence-electron chi connectivity index (χ4n) is 3.54. The smallest absolute Gasteiger partial charge is 0.158 e. The van der Waals surface area contributed by atoms with E-state index in [1.54, 1.807) is 30.1 Å². The molecule has 158 valence electrons. The minimum Gasteiger partial charge on any atom is -0.267 e. The molecule has 0 radical (unpaired) electrons. The van der Waals surface area contributed by atoms with Gasteiger partial charge in [-0.05, 0) is 37.1 Å². The van der Waals surface area contributed by atoms with E-state index in [4.69, 9.17) is 5.10 Å². The fourth-order valence-corrected chi connectivity index (χ4v) is 4.54. The first-order chi connectivity index (χ1) is 15.7. The second-order valence-corrected chi connectivity index (χ2v) is 8.62. The molecule has 5 aromatic rings. The highest BCUT2D eigenvalue weighted by Gasteiger charge is 2.13. The average Bonchev–Trinajstić information content (AvgIpc) is 3.35. The first-order valence-electron chi connectivity index (χ1n) is 10.2. The normalized spacial score (nSPS) is 11.4. The zero-order valence-electron chi connectivity index (χ0n) is 17.7.